The molecule has 7 heteroatoms. The highest BCUT2D eigenvalue weighted by atomic mass is 16.5. The average Bonchev–Trinajstić information content (AvgIpc) is 3.18. The van der Waals surface area contributed by atoms with Gasteiger partial charge in [0.15, 0.2) is 0 Å². The first-order chi connectivity index (χ1) is 16.1. The maximum atomic E-state index is 12.8. The van der Waals surface area contributed by atoms with Crippen LogP contribution in [-0.4, -0.2) is 19.7 Å². The van der Waals surface area contributed by atoms with Gasteiger partial charge in [0.05, 0.1) is 29.0 Å². The number of pyridine rings is 3. The van der Waals surface area contributed by atoms with Crippen LogP contribution in [0.3, 0.4) is 0 Å². The standard InChI is InChI=1S/C26H22N4O3/c1-17-26(18(2)33-29-17)22-13-20-6-7-25(31)30(15-21-5-3-4-10-28-21)23(20)14-24(22)32-16-19-8-11-27-12-9-19/h3-14H,15-16H2,1-2H3. The molecule has 0 spiro atoms. The zero-order valence-corrected chi connectivity index (χ0v) is 18.4. The molecule has 0 radical (unpaired) electrons. The van der Waals surface area contributed by atoms with Crippen molar-refractivity contribution in [2.75, 3.05) is 0 Å². The van der Waals surface area contributed by atoms with Crippen LogP contribution in [0.5, 0.6) is 5.75 Å². The van der Waals surface area contributed by atoms with E-state index in [1.807, 2.05) is 62.4 Å². The van der Waals surface area contributed by atoms with Crippen molar-refractivity contribution in [1.29, 1.82) is 0 Å². The van der Waals surface area contributed by atoms with Crippen molar-refractivity contribution in [3.05, 3.63) is 106 Å². The molecule has 0 amide bonds. The monoisotopic (exact) mass is 438 g/mol. The number of hydrogen-bond acceptors (Lipinski definition) is 6. The van der Waals surface area contributed by atoms with Gasteiger partial charge in [-0.1, -0.05) is 11.2 Å². The molecule has 0 atom stereocenters. The van der Waals surface area contributed by atoms with Gasteiger partial charge in [0.25, 0.3) is 5.56 Å². The van der Waals surface area contributed by atoms with Gasteiger partial charge < -0.3 is 13.8 Å². The Morgan fingerprint density at radius 1 is 1.00 bits per heavy atom. The second-order valence-corrected chi connectivity index (χ2v) is 7.83. The van der Waals surface area contributed by atoms with E-state index in [9.17, 15) is 4.79 Å². The molecule has 33 heavy (non-hydrogen) atoms. The maximum absolute atomic E-state index is 12.8. The van der Waals surface area contributed by atoms with E-state index in [1.165, 1.54) is 0 Å². The number of ether oxygens (including phenoxy) is 1. The summed E-state index contributed by atoms with van der Waals surface area (Å²) in [5.74, 6) is 1.36. The Labute approximate surface area is 190 Å². The van der Waals surface area contributed by atoms with Crippen LogP contribution in [0.2, 0.25) is 0 Å². The molecule has 7 nitrogen and oxygen atoms in total. The van der Waals surface area contributed by atoms with E-state index in [4.69, 9.17) is 9.26 Å². The number of aromatic nitrogens is 4. The molecule has 0 aliphatic heterocycles. The topological polar surface area (TPSA) is 83.0 Å². The van der Waals surface area contributed by atoms with Crippen LogP contribution < -0.4 is 10.3 Å². The van der Waals surface area contributed by atoms with Crippen molar-refractivity contribution in [3.63, 3.8) is 0 Å². The normalized spacial score (nSPS) is 11.1. The van der Waals surface area contributed by atoms with E-state index in [-0.39, 0.29) is 5.56 Å². The molecular weight excluding hydrogens is 416 g/mol. The minimum Gasteiger partial charge on any atom is -0.488 e. The van der Waals surface area contributed by atoms with Crippen molar-refractivity contribution in [1.82, 2.24) is 19.7 Å². The molecule has 0 saturated heterocycles. The lowest BCUT2D eigenvalue weighted by Crippen LogP contribution is -2.20. The fraction of sp³-hybridized carbons (Fsp3) is 0.154. The predicted octanol–water partition coefficient (Wildman–Crippen LogP) is 4.69. The summed E-state index contributed by atoms with van der Waals surface area (Å²) in [6, 6.07) is 16.9. The Bertz CT molecular complexity index is 1460. The Kier molecular flexibility index (Phi) is 5.44. The smallest absolute Gasteiger partial charge is 0.251 e. The zero-order valence-electron chi connectivity index (χ0n) is 18.4. The molecule has 0 aliphatic carbocycles. The van der Waals surface area contributed by atoms with Crippen LogP contribution in [0.25, 0.3) is 22.0 Å². The highest BCUT2D eigenvalue weighted by molar-refractivity contribution is 5.89. The minimum atomic E-state index is -0.0988. The third-order valence-electron chi connectivity index (χ3n) is 5.58. The number of fused-ring (bicyclic) bond motifs is 1. The first kappa shape index (κ1) is 20.6. The average molecular weight is 438 g/mol. The van der Waals surface area contributed by atoms with Gasteiger partial charge in [-0.05, 0) is 61.2 Å². The molecular formula is C26H22N4O3. The number of nitrogens with zero attached hydrogens (tertiary/aromatic N) is 4. The summed E-state index contributed by atoms with van der Waals surface area (Å²) in [6.45, 7) is 4.52. The Morgan fingerprint density at radius 2 is 1.85 bits per heavy atom. The van der Waals surface area contributed by atoms with Crippen LogP contribution in [-0.2, 0) is 13.2 Å². The van der Waals surface area contributed by atoms with Crippen molar-refractivity contribution < 1.29 is 9.26 Å². The number of benzene rings is 1. The van der Waals surface area contributed by atoms with Gasteiger partial charge in [-0.3, -0.25) is 14.8 Å². The molecule has 0 unspecified atom stereocenters. The Hall–Kier alpha value is -4.26. The molecule has 1 aromatic carbocycles. The molecule has 0 fully saturated rings. The largest absolute Gasteiger partial charge is 0.488 e. The van der Waals surface area contributed by atoms with Gasteiger partial charge in [-0.25, -0.2) is 0 Å². The van der Waals surface area contributed by atoms with Gasteiger partial charge in [0.1, 0.15) is 18.1 Å². The summed E-state index contributed by atoms with van der Waals surface area (Å²) in [5.41, 5.74) is 5.02. The highest BCUT2D eigenvalue weighted by Gasteiger charge is 2.19. The van der Waals surface area contributed by atoms with E-state index in [0.717, 1.165) is 39.0 Å². The first-order valence-corrected chi connectivity index (χ1v) is 10.6. The molecule has 0 saturated carbocycles. The molecule has 5 rings (SSSR count). The van der Waals surface area contributed by atoms with E-state index in [0.29, 0.717) is 24.7 Å². The molecule has 5 aromatic rings. The van der Waals surface area contributed by atoms with Crippen LogP contribution in [0.15, 0.2) is 82.5 Å². The molecule has 0 aliphatic rings. The summed E-state index contributed by atoms with van der Waals surface area (Å²) >= 11 is 0. The van der Waals surface area contributed by atoms with Crippen molar-refractivity contribution in [2.45, 2.75) is 27.0 Å². The third-order valence-corrected chi connectivity index (χ3v) is 5.58. The van der Waals surface area contributed by atoms with Gasteiger partial charge >= 0.3 is 0 Å². The van der Waals surface area contributed by atoms with Crippen LogP contribution >= 0.6 is 0 Å². The molecule has 4 heterocycles. The zero-order chi connectivity index (χ0) is 22.8. The van der Waals surface area contributed by atoms with E-state index in [1.54, 1.807) is 29.2 Å². The first-order valence-electron chi connectivity index (χ1n) is 10.6. The van der Waals surface area contributed by atoms with Gasteiger partial charge in [0.2, 0.25) is 0 Å². The summed E-state index contributed by atoms with van der Waals surface area (Å²) in [6.07, 6.45) is 5.20. The Morgan fingerprint density at radius 3 is 2.58 bits per heavy atom. The fourth-order valence-corrected chi connectivity index (χ4v) is 3.96. The van der Waals surface area contributed by atoms with E-state index in [2.05, 4.69) is 15.1 Å². The lowest BCUT2D eigenvalue weighted by Gasteiger charge is -2.16. The maximum Gasteiger partial charge on any atom is 0.251 e. The number of hydrogen-bond donors (Lipinski definition) is 0. The van der Waals surface area contributed by atoms with Gasteiger partial charge in [-0.15, -0.1) is 0 Å². The van der Waals surface area contributed by atoms with Crippen molar-refractivity contribution in [3.8, 4) is 16.9 Å². The van der Waals surface area contributed by atoms with Crippen molar-refractivity contribution >= 4 is 10.9 Å². The van der Waals surface area contributed by atoms with Crippen LogP contribution in [0, 0.1) is 13.8 Å². The molecule has 164 valence electrons. The van der Waals surface area contributed by atoms with Gasteiger partial charge in [0, 0.05) is 36.3 Å². The number of rotatable bonds is 6. The predicted molar refractivity (Wildman–Crippen MR) is 125 cm³/mol. The van der Waals surface area contributed by atoms with Crippen molar-refractivity contribution in [2.24, 2.45) is 0 Å². The lowest BCUT2D eigenvalue weighted by atomic mass is 10.00. The second-order valence-electron chi connectivity index (χ2n) is 7.83. The molecule has 0 bridgehead atoms. The lowest BCUT2D eigenvalue weighted by molar-refractivity contribution is 0.307. The minimum absolute atomic E-state index is 0.0988. The van der Waals surface area contributed by atoms with Crippen LogP contribution in [0.1, 0.15) is 22.7 Å². The second kappa shape index (κ2) is 8.70. The van der Waals surface area contributed by atoms with E-state index >= 15 is 0 Å². The third kappa shape index (κ3) is 4.13. The Balaban J connectivity index is 1.67. The summed E-state index contributed by atoms with van der Waals surface area (Å²) < 4.78 is 13.4. The van der Waals surface area contributed by atoms with Crippen LogP contribution in [0.4, 0.5) is 0 Å². The number of aryl methyl sites for hydroxylation is 2. The summed E-state index contributed by atoms with van der Waals surface area (Å²) in [4.78, 5) is 21.3. The van der Waals surface area contributed by atoms with Gasteiger partial charge in [-0.2, -0.15) is 0 Å². The summed E-state index contributed by atoms with van der Waals surface area (Å²) in [5, 5.41) is 5.03. The summed E-state index contributed by atoms with van der Waals surface area (Å²) in [7, 11) is 0. The SMILES string of the molecule is Cc1noc(C)c1-c1cc2ccc(=O)n(Cc3ccccn3)c2cc1OCc1ccncc1. The molecule has 4 aromatic heterocycles. The quantitative estimate of drug-likeness (QED) is 0.382. The van der Waals surface area contributed by atoms with E-state index < -0.39 is 0 Å². The fourth-order valence-electron chi connectivity index (χ4n) is 3.96. The highest BCUT2D eigenvalue weighted by Crippen LogP contribution is 2.38. The molecule has 0 N–H and O–H groups in total.